The number of imidazole rings is 1. The van der Waals surface area contributed by atoms with Crippen LogP contribution in [0.15, 0.2) is 61.1 Å². The van der Waals surface area contributed by atoms with Crippen LogP contribution in [0.1, 0.15) is 44.5 Å². The van der Waals surface area contributed by atoms with Crippen molar-refractivity contribution in [3.8, 4) is 16.9 Å². The van der Waals surface area contributed by atoms with E-state index in [1.54, 1.807) is 25.1 Å². The molecular formula is C26H29ClFN9O2. The molecule has 2 atom stereocenters. The van der Waals surface area contributed by atoms with Gasteiger partial charge in [0.05, 0.1) is 29.2 Å². The zero-order chi connectivity index (χ0) is 28.2. The number of aromatic nitrogens is 7. The molecule has 204 valence electrons. The van der Waals surface area contributed by atoms with Gasteiger partial charge in [-0.25, -0.2) is 9.97 Å². The Kier molecular flexibility index (Phi) is 8.51. The number of nitrogens with two attached hydrogens (primary N) is 1. The number of aliphatic hydroxyl groups is 1. The Morgan fingerprint density at radius 1 is 1.36 bits per heavy atom. The Hall–Kier alpha value is -3.97. The minimum absolute atomic E-state index is 0.0700. The maximum absolute atomic E-state index is 14.3. The number of H-pyrrole nitrogens is 1. The molecule has 6 N–H and O–H groups in total. The zero-order valence-corrected chi connectivity index (χ0v) is 22.2. The van der Waals surface area contributed by atoms with Crippen LogP contribution in [0, 0.1) is 5.95 Å². The molecule has 0 bridgehead atoms. The van der Waals surface area contributed by atoms with Crippen molar-refractivity contribution in [2.75, 3.05) is 5.73 Å². The van der Waals surface area contributed by atoms with E-state index in [1.165, 1.54) is 29.3 Å². The number of halogens is 2. The lowest BCUT2D eigenvalue weighted by molar-refractivity contribution is 0.0157. The number of rotatable bonds is 11. The number of allylic oxidation sites excluding steroid dienone is 2. The number of hydrogen-bond donors (Lipinski definition) is 5. The van der Waals surface area contributed by atoms with E-state index in [1.807, 2.05) is 13.0 Å². The largest absolute Gasteiger partial charge is 0.384 e. The molecule has 0 aliphatic heterocycles. The van der Waals surface area contributed by atoms with Crippen molar-refractivity contribution in [2.45, 2.75) is 44.8 Å². The Labute approximate surface area is 229 Å². The highest BCUT2D eigenvalue weighted by Crippen LogP contribution is 2.34. The molecule has 0 saturated carbocycles. The van der Waals surface area contributed by atoms with Gasteiger partial charge in [-0.2, -0.15) is 14.6 Å². The summed E-state index contributed by atoms with van der Waals surface area (Å²) in [5.41, 5.74) is 9.77. The van der Waals surface area contributed by atoms with Gasteiger partial charge in [-0.15, -0.1) is 5.10 Å². The fourth-order valence-corrected chi connectivity index (χ4v) is 4.35. The second-order valence-electron chi connectivity index (χ2n) is 9.13. The fourth-order valence-electron chi connectivity index (χ4n) is 4.18. The van der Waals surface area contributed by atoms with Gasteiger partial charge in [0.15, 0.2) is 0 Å². The third kappa shape index (κ3) is 6.20. The lowest BCUT2D eigenvalue weighted by Gasteiger charge is -2.25. The summed E-state index contributed by atoms with van der Waals surface area (Å²) in [7, 11) is 0. The molecule has 0 radical (unpaired) electrons. The highest BCUT2D eigenvalue weighted by molar-refractivity contribution is 6.30. The third-order valence-electron chi connectivity index (χ3n) is 6.51. The van der Waals surface area contributed by atoms with Gasteiger partial charge in [-0.3, -0.25) is 0 Å². The van der Waals surface area contributed by atoms with Crippen LogP contribution >= 0.6 is 11.6 Å². The van der Waals surface area contributed by atoms with E-state index < -0.39 is 17.6 Å². The average Bonchev–Trinajstić information content (AvgIpc) is 3.63. The number of nitrogen functional groups attached to an aromatic ring is 1. The number of nitrogens with one attached hydrogen (secondary N) is 2. The maximum Gasteiger partial charge on any atom is 0.224 e. The molecule has 39 heavy (non-hydrogen) atoms. The summed E-state index contributed by atoms with van der Waals surface area (Å²) < 4.78 is 15.8. The molecule has 1 aromatic carbocycles. The number of aromatic amines is 1. The molecule has 0 spiro atoms. The number of hydrogen-bond acceptors (Lipinski definition) is 9. The average molecular weight is 554 g/mol. The molecule has 2 unspecified atom stereocenters. The molecule has 3 aromatic heterocycles. The summed E-state index contributed by atoms with van der Waals surface area (Å²) in [5.74, 6) is -0.361. The number of benzene rings is 1. The van der Waals surface area contributed by atoms with Gasteiger partial charge in [0.25, 0.3) is 0 Å². The van der Waals surface area contributed by atoms with Crippen LogP contribution in [0.5, 0.6) is 0 Å². The predicted molar refractivity (Wildman–Crippen MR) is 145 cm³/mol. The van der Waals surface area contributed by atoms with Crippen molar-refractivity contribution in [2.24, 2.45) is 0 Å². The van der Waals surface area contributed by atoms with Gasteiger partial charge in [0.2, 0.25) is 5.95 Å². The number of nitrogens with zero attached hydrogens (tertiary/aromatic N) is 6. The minimum atomic E-state index is -1.33. The smallest absolute Gasteiger partial charge is 0.224 e. The molecule has 4 rings (SSSR count). The van der Waals surface area contributed by atoms with E-state index in [0.717, 1.165) is 0 Å². The minimum Gasteiger partial charge on any atom is -0.384 e. The van der Waals surface area contributed by atoms with E-state index in [0.29, 0.717) is 51.8 Å². The van der Waals surface area contributed by atoms with Crippen molar-refractivity contribution < 1.29 is 14.7 Å². The molecular weight excluding hydrogens is 525 g/mol. The molecule has 0 saturated heterocycles. The second-order valence-corrected chi connectivity index (χ2v) is 9.57. The molecule has 0 aliphatic rings. The summed E-state index contributed by atoms with van der Waals surface area (Å²) in [6.45, 7) is 7.79. The summed E-state index contributed by atoms with van der Waals surface area (Å²) in [4.78, 5) is 11.0. The van der Waals surface area contributed by atoms with E-state index in [9.17, 15) is 14.7 Å². The Morgan fingerprint density at radius 2 is 2.15 bits per heavy atom. The van der Waals surface area contributed by atoms with E-state index in [2.05, 4.69) is 42.5 Å². The van der Waals surface area contributed by atoms with Crippen LogP contribution < -0.4 is 11.2 Å². The van der Waals surface area contributed by atoms with Gasteiger partial charge in [-0.1, -0.05) is 36.8 Å². The standard InChI is InChI=1S/C26H29ClFN9O2/c1-4-26(38,25-30-13-21(32-25)18-6-8-23(29)33-24(18)28)10-9-15(2)11-19(16(3)34-39)20-12-17(27)5-7-22(20)37-14-31-35-36-37/h5-8,11-14,16,34,38-39H,2,4,9-10H2,1,3H3,(H2,29,33)(H,30,32)/b19-11+. The Bertz CT molecular complexity index is 1490. The van der Waals surface area contributed by atoms with Crippen LogP contribution in [-0.4, -0.2) is 51.5 Å². The van der Waals surface area contributed by atoms with Crippen molar-refractivity contribution in [1.29, 1.82) is 0 Å². The first-order valence-electron chi connectivity index (χ1n) is 12.2. The van der Waals surface area contributed by atoms with Crippen LogP contribution in [0.25, 0.3) is 22.5 Å². The molecule has 0 fully saturated rings. The first-order chi connectivity index (χ1) is 18.6. The van der Waals surface area contributed by atoms with E-state index in [-0.39, 0.29) is 17.8 Å². The molecule has 0 amide bonds. The van der Waals surface area contributed by atoms with Crippen molar-refractivity contribution in [3.05, 3.63) is 83.4 Å². The third-order valence-corrected chi connectivity index (χ3v) is 6.74. The van der Waals surface area contributed by atoms with Gasteiger partial charge in [0.1, 0.15) is 23.6 Å². The molecule has 0 aliphatic carbocycles. The normalized spacial score (nSPS) is 14.3. The fraction of sp³-hybridized carbons (Fsp3) is 0.269. The zero-order valence-electron chi connectivity index (χ0n) is 21.4. The monoisotopic (exact) mass is 553 g/mol. The van der Waals surface area contributed by atoms with Crippen LogP contribution in [0.3, 0.4) is 0 Å². The van der Waals surface area contributed by atoms with Crippen LogP contribution in [0.4, 0.5) is 10.2 Å². The number of hydroxylamine groups is 1. The molecule has 11 nitrogen and oxygen atoms in total. The summed E-state index contributed by atoms with van der Waals surface area (Å²) >= 11 is 6.31. The lowest BCUT2D eigenvalue weighted by Crippen LogP contribution is -2.26. The van der Waals surface area contributed by atoms with Gasteiger partial charge >= 0.3 is 0 Å². The summed E-state index contributed by atoms with van der Waals surface area (Å²) in [6, 6.07) is 7.74. The first kappa shape index (κ1) is 28.0. The van der Waals surface area contributed by atoms with Crippen LogP contribution in [-0.2, 0) is 5.60 Å². The number of tetrazole rings is 1. The topological polar surface area (TPSA) is 164 Å². The van der Waals surface area contributed by atoms with Crippen molar-refractivity contribution >= 4 is 23.0 Å². The molecule has 4 aromatic rings. The highest BCUT2D eigenvalue weighted by Gasteiger charge is 2.31. The van der Waals surface area contributed by atoms with Crippen LogP contribution in [0.2, 0.25) is 5.02 Å². The van der Waals surface area contributed by atoms with E-state index in [4.69, 9.17) is 17.3 Å². The maximum atomic E-state index is 14.3. The molecule has 3 heterocycles. The number of pyridine rings is 1. The first-order valence-corrected chi connectivity index (χ1v) is 12.6. The van der Waals surface area contributed by atoms with Crippen molar-refractivity contribution in [3.63, 3.8) is 0 Å². The Balaban J connectivity index is 1.59. The summed E-state index contributed by atoms with van der Waals surface area (Å²) in [5, 5.41) is 33.1. The van der Waals surface area contributed by atoms with Gasteiger partial charge in [-0.05, 0) is 72.5 Å². The highest BCUT2D eigenvalue weighted by atomic mass is 35.5. The van der Waals surface area contributed by atoms with E-state index >= 15 is 0 Å². The molecule has 13 heteroatoms. The van der Waals surface area contributed by atoms with Crippen molar-refractivity contribution in [1.82, 2.24) is 40.6 Å². The summed E-state index contributed by atoms with van der Waals surface area (Å²) in [6.07, 6.45) is 5.75. The van der Waals surface area contributed by atoms with Gasteiger partial charge < -0.3 is 21.0 Å². The quantitative estimate of drug-likeness (QED) is 0.104. The predicted octanol–water partition coefficient (Wildman–Crippen LogP) is 4.21. The Morgan fingerprint density at radius 3 is 2.82 bits per heavy atom. The van der Waals surface area contributed by atoms with Gasteiger partial charge in [0, 0.05) is 10.6 Å². The SMILES string of the molecule is C=C(/C=C(/c1cc(Cl)ccc1-n1cnnn1)C(C)NO)CCC(O)(CC)c1ncc(-c2ccc(N)nc2F)[nH]1. The number of anilines is 1. The lowest BCUT2D eigenvalue weighted by atomic mass is 9.90. The second kappa shape index (κ2) is 11.8.